The van der Waals surface area contributed by atoms with Crippen molar-refractivity contribution in [2.24, 2.45) is 0 Å². The number of aliphatic hydroxyl groups is 1. The highest BCUT2D eigenvalue weighted by molar-refractivity contribution is 5.92. The summed E-state index contributed by atoms with van der Waals surface area (Å²) in [6.45, 7) is 0.0421. The van der Waals surface area contributed by atoms with Crippen molar-refractivity contribution in [1.82, 2.24) is 19.5 Å². The van der Waals surface area contributed by atoms with E-state index in [4.69, 9.17) is 4.74 Å². The van der Waals surface area contributed by atoms with Gasteiger partial charge in [0.15, 0.2) is 5.65 Å². The van der Waals surface area contributed by atoms with E-state index in [1.165, 1.54) is 10.8 Å². The van der Waals surface area contributed by atoms with E-state index in [0.29, 0.717) is 0 Å². The van der Waals surface area contributed by atoms with Crippen LogP contribution in [0.25, 0.3) is 33.2 Å². The van der Waals surface area contributed by atoms with Gasteiger partial charge in [-0.3, -0.25) is 4.57 Å². The van der Waals surface area contributed by atoms with Gasteiger partial charge in [-0.1, -0.05) is 36.4 Å². The maximum Gasteiger partial charge on any atom is 0.165 e. The number of fused-ring (bicyclic) bond motifs is 2. The molecule has 1 aliphatic rings. The summed E-state index contributed by atoms with van der Waals surface area (Å²) in [5.74, 6) is 0. The van der Waals surface area contributed by atoms with Crippen molar-refractivity contribution in [3.63, 3.8) is 0 Å². The molecule has 130 valence electrons. The van der Waals surface area contributed by atoms with E-state index in [-0.39, 0.29) is 18.9 Å². The van der Waals surface area contributed by atoms with Gasteiger partial charge in [-0.15, -0.1) is 0 Å². The zero-order valence-corrected chi connectivity index (χ0v) is 14.1. The van der Waals surface area contributed by atoms with Gasteiger partial charge >= 0.3 is 0 Å². The Morgan fingerprint density at radius 2 is 1.92 bits per heavy atom. The number of ether oxygens (including phenoxy) is 1. The minimum atomic E-state index is -0.142. The van der Waals surface area contributed by atoms with Crippen LogP contribution in [0.5, 0.6) is 0 Å². The first kappa shape index (κ1) is 15.4. The van der Waals surface area contributed by atoms with Crippen LogP contribution in [0.2, 0.25) is 0 Å². The highest BCUT2D eigenvalue weighted by atomic mass is 16.5. The normalized spacial score (nSPS) is 20.2. The van der Waals surface area contributed by atoms with Crippen LogP contribution in [0.3, 0.4) is 0 Å². The summed E-state index contributed by atoms with van der Waals surface area (Å²) in [6, 6.07) is 14.6. The van der Waals surface area contributed by atoms with Crippen LogP contribution in [0.15, 0.2) is 55.1 Å². The summed E-state index contributed by atoms with van der Waals surface area (Å²) >= 11 is 0. The number of imidazole rings is 1. The summed E-state index contributed by atoms with van der Waals surface area (Å²) in [5.41, 5.74) is 3.35. The van der Waals surface area contributed by atoms with Crippen LogP contribution in [0, 0.1) is 0 Å². The fraction of sp³-hybridized carbons (Fsp3) is 0.250. The highest BCUT2D eigenvalue weighted by Crippen LogP contribution is 2.32. The van der Waals surface area contributed by atoms with E-state index in [0.717, 1.165) is 35.3 Å². The molecule has 4 aromatic rings. The van der Waals surface area contributed by atoms with Crippen LogP contribution in [0.1, 0.15) is 19.1 Å². The molecule has 6 heteroatoms. The summed E-state index contributed by atoms with van der Waals surface area (Å²) < 4.78 is 7.82. The van der Waals surface area contributed by atoms with E-state index < -0.39 is 0 Å². The molecule has 0 spiro atoms. The second kappa shape index (κ2) is 6.16. The standard InChI is InChI=1S/C20H18N4O2/c25-10-16-7-8-17(26-16)24-12-23-19-18(21-11-22-20(19)24)15-6-5-13-3-1-2-4-14(13)9-15/h1-6,9,11-12,16-17,25H,7-8,10H2. The number of aliphatic hydroxyl groups excluding tert-OH is 1. The molecule has 0 saturated carbocycles. The van der Waals surface area contributed by atoms with Crippen LogP contribution in [0.4, 0.5) is 0 Å². The molecule has 26 heavy (non-hydrogen) atoms. The van der Waals surface area contributed by atoms with Gasteiger partial charge in [0, 0.05) is 5.56 Å². The van der Waals surface area contributed by atoms with E-state index in [2.05, 4.69) is 45.3 Å². The van der Waals surface area contributed by atoms with Gasteiger partial charge < -0.3 is 9.84 Å². The lowest BCUT2D eigenvalue weighted by Crippen LogP contribution is -2.14. The zero-order chi connectivity index (χ0) is 17.5. The summed E-state index contributed by atoms with van der Waals surface area (Å²) in [4.78, 5) is 13.5. The first-order chi connectivity index (χ1) is 12.8. The molecule has 1 N–H and O–H groups in total. The molecule has 0 bridgehead atoms. The molecular weight excluding hydrogens is 328 g/mol. The van der Waals surface area contributed by atoms with Gasteiger partial charge in [0.25, 0.3) is 0 Å². The molecule has 1 aliphatic heterocycles. The molecular formula is C20H18N4O2. The average molecular weight is 346 g/mol. The highest BCUT2D eigenvalue weighted by Gasteiger charge is 2.27. The number of rotatable bonds is 3. The molecule has 0 radical (unpaired) electrons. The van der Waals surface area contributed by atoms with Gasteiger partial charge in [-0.25, -0.2) is 15.0 Å². The summed E-state index contributed by atoms with van der Waals surface area (Å²) in [6.07, 6.45) is 4.75. The van der Waals surface area contributed by atoms with E-state index in [9.17, 15) is 5.11 Å². The fourth-order valence-electron chi connectivity index (χ4n) is 3.64. The maximum atomic E-state index is 9.30. The monoisotopic (exact) mass is 346 g/mol. The molecule has 1 saturated heterocycles. The van der Waals surface area contributed by atoms with Crippen molar-refractivity contribution in [3.8, 4) is 11.3 Å². The smallest absolute Gasteiger partial charge is 0.165 e. The molecule has 3 heterocycles. The van der Waals surface area contributed by atoms with Gasteiger partial charge in [0.05, 0.1) is 19.0 Å². The quantitative estimate of drug-likeness (QED) is 0.616. The molecule has 2 aromatic carbocycles. The second-order valence-corrected chi connectivity index (χ2v) is 6.58. The minimum Gasteiger partial charge on any atom is -0.394 e. The van der Waals surface area contributed by atoms with Crippen LogP contribution >= 0.6 is 0 Å². The Morgan fingerprint density at radius 3 is 2.77 bits per heavy atom. The first-order valence-electron chi connectivity index (χ1n) is 8.76. The fourth-order valence-corrected chi connectivity index (χ4v) is 3.64. The van der Waals surface area contributed by atoms with Crippen LogP contribution in [-0.2, 0) is 4.74 Å². The zero-order valence-electron chi connectivity index (χ0n) is 14.1. The van der Waals surface area contributed by atoms with Gasteiger partial charge in [0.2, 0.25) is 0 Å². The summed E-state index contributed by atoms with van der Waals surface area (Å²) in [5, 5.41) is 11.7. The molecule has 2 unspecified atom stereocenters. The summed E-state index contributed by atoms with van der Waals surface area (Å²) in [7, 11) is 0. The van der Waals surface area contributed by atoms with Crippen molar-refractivity contribution < 1.29 is 9.84 Å². The largest absolute Gasteiger partial charge is 0.394 e. The van der Waals surface area contributed by atoms with Crippen molar-refractivity contribution >= 4 is 21.9 Å². The van der Waals surface area contributed by atoms with Crippen molar-refractivity contribution in [1.29, 1.82) is 0 Å². The molecule has 2 aromatic heterocycles. The number of benzene rings is 2. The first-order valence-corrected chi connectivity index (χ1v) is 8.76. The third kappa shape index (κ3) is 2.46. The molecule has 1 fully saturated rings. The van der Waals surface area contributed by atoms with Crippen molar-refractivity contribution in [3.05, 3.63) is 55.1 Å². The average Bonchev–Trinajstić information content (AvgIpc) is 3.34. The molecule has 6 nitrogen and oxygen atoms in total. The Labute approximate surface area is 150 Å². The Morgan fingerprint density at radius 1 is 1.04 bits per heavy atom. The Kier molecular flexibility index (Phi) is 3.65. The van der Waals surface area contributed by atoms with Gasteiger partial charge in [-0.05, 0) is 29.7 Å². The number of hydrogen-bond acceptors (Lipinski definition) is 5. The number of nitrogens with zero attached hydrogens (tertiary/aromatic N) is 4. The Hall–Kier alpha value is -2.83. The van der Waals surface area contributed by atoms with Gasteiger partial charge in [-0.2, -0.15) is 0 Å². The Bertz CT molecular complexity index is 1090. The topological polar surface area (TPSA) is 73.1 Å². The molecule has 5 rings (SSSR count). The number of hydrogen-bond donors (Lipinski definition) is 1. The lowest BCUT2D eigenvalue weighted by atomic mass is 10.0. The molecule has 0 aliphatic carbocycles. The second-order valence-electron chi connectivity index (χ2n) is 6.58. The third-order valence-corrected chi connectivity index (χ3v) is 4.98. The van der Waals surface area contributed by atoms with Crippen LogP contribution < -0.4 is 0 Å². The minimum absolute atomic E-state index is 0.0421. The van der Waals surface area contributed by atoms with Crippen LogP contribution in [-0.4, -0.2) is 37.3 Å². The van der Waals surface area contributed by atoms with Crippen molar-refractivity contribution in [2.45, 2.75) is 25.2 Å². The molecule has 2 atom stereocenters. The number of aromatic nitrogens is 4. The lowest BCUT2D eigenvalue weighted by Gasteiger charge is -2.13. The van der Waals surface area contributed by atoms with E-state index in [1.54, 1.807) is 12.7 Å². The Balaban J connectivity index is 1.60. The third-order valence-electron chi connectivity index (χ3n) is 4.98. The SMILES string of the molecule is OCC1CCC(n2cnc3c(-c4ccc5ccccc5c4)ncnc32)O1. The van der Waals surface area contributed by atoms with E-state index in [1.807, 2.05) is 16.7 Å². The lowest BCUT2D eigenvalue weighted by molar-refractivity contribution is -0.0207. The predicted molar refractivity (Wildman–Crippen MR) is 98.5 cm³/mol. The predicted octanol–water partition coefficient (Wildman–Crippen LogP) is 3.32. The maximum absolute atomic E-state index is 9.30. The van der Waals surface area contributed by atoms with Crippen molar-refractivity contribution in [2.75, 3.05) is 6.61 Å². The van der Waals surface area contributed by atoms with E-state index >= 15 is 0 Å². The van der Waals surface area contributed by atoms with Gasteiger partial charge in [0.1, 0.15) is 23.8 Å². The molecule has 0 amide bonds.